The number of hydrogen-bond donors (Lipinski definition) is 0. The van der Waals surface area contributed by atoms with Crippen molar-refractivity contribution in [1.29, 1.82) is 0 Å². The highest BCUT2D eigenvalue weighted by atomic mass is 32.2. The van der Waals surface area contributed by atoms with Crippen LogP contribution in [0.2, 0.25) is 0 Å². The highest BCUT2D eigenvalue weighted by Gasteiger charge is 2.41. The number of benzene rings is 2. The van der Waals surface area contributed by atoms with Crippen molar-refractivity contribution >= 4 is 34.6 Å². The molecule has 2 aromatic carbocycles. The summed E-state index contributed by atoms with van der Waals surface area (Å²) < 4.78 is 80.9. The van der Waals surface area contributed by atoms with Gasteiger partial charge in [0.05, 0.1) is 29.4 Å². The Morgan fingerprint density at radius 3 is 2.27 bits per heavy atom. The number of amides is 1. The maximum Gasteiger partial charge on any atom is 0.417 e. The van der Waals surface area contributed by atoms with Gasteiger partial charge in [-0.05, 0) is 70.0 Å². The van der Waals surface area contributed by atoms with Crippen LogP contribution >= 0.6 is 11.8 Å². The molecule has 254 valence electrons. The van der Waals surface area contributed by atoms with Crippen molar-refractivity contribution in [2.75, 3.05) is 23.7 Å². The Morgan fingerprint density at radius 2 is 1.67 bits per heavy atom. The Labute approximate surface area is 277 Å². The average Bonchev–Trinajstić information content (AvgIpc) is 3.19. The minimum Gasteiger partial charge on any atom is -0.444 e. The van der Waals surface area contributed by atoms with Crippen LogP contribution in [0.3, 0.4) is 0 Å². The van der Waals surface area contributed by atoms with E-state index in [1.54, 1.807) is 44.4 Å². The lowest BCUT2D eigenvalue weighted by Gasteiger charge is -2.45. The Bertz CT molecular complexity index is 1930. The van der Waals surface area contributed by atoms with Crippen LogP contribution in [0.4, 0.5) is 32.6 Å². The molecule has 4 heterocycles. The fourth-order valence-electron chi connectivity index (χ4n) is 6.60. The number of alkyl halides is 3. The van der Waals surface area contributed by atoms with Crippen LogP contribution in [0.25, 0.3) is 22.0 Å². The normalized spacial score (nSPS) is 20.2. The first-order valence-electron chi connectivity index (χ1n) is 15.5. The molecular weight excluding hydrogens is 653 g/mol. The molecule has 0 radical (unpaired) electrons. The topological polar surface area (TPSA) is 80.6 Å². The van der Waals surface area contributed by atoms with E-state index in [0.29, 0.717) is 0 Å². The number of piperazine rings is 1. The number of rotatable bonds is 3. The van der Waals surface area contributed by atoms with Crippen LogP contribution in [0.5, 0.6) is 0 Å². The summed E-state index contributed by atoms with van der Waals surface area (Å²) >= 11 is 1.09. The molecule has 1 amide bonds. The Hall–Kier alpha value is -4.20. The number of halogens is 5. The SMILES string of the molecule is C[C@@H]1CN(c2nc(=O)n3c4c(c(-c5ccc(F)cc5)c(C(F)(F)F)cc24)SC[C@@H](c2ccncc2F)C3)C[C@H](C)N1C(=O)OC(C)(C)C. The number of pyridine rings is 1. The van der Waals surface area contributed by atoms with Gasteiger partial charge >= 0.3 is 18.0 Å². The zero-order chi connectivity index (χ0) is 34.7. The summed E-state index contributed by atoms with van der Waals surface area (Å²) in [5.41, 5.74) is -1.99. The van der Waals surface area contributed by atoms with Crippen molar-refractivity contribution in [1.82, 2.24) is 19.4 Å². The lowest BCUT2D eigenvalue weighted by atomic mass is 9.95. The fraction of sp³-hybridized carbons (Fsp3) is 0.412. The smallest absolute Gasteiger partial charge is 0.417 e. The van der Waals surface area contributed by atoms with Crippen molar-refractivity contribution < 1.29 is 31.5 Å². The zero-order valence-corrected chi connectivity index (χ0v) is 27.8. The van der Waals surface area contributed by atoms with E-state index in [4.69, 9.17) is 4.74 Å². The third kappa shape index (κ3) is 6.34. The quantitative estimate of drug-likeness (QED) is 0.207. The van der Waals surface area contributed by atoms with Crippen molar-refractivity contribution in [3.8, 4) is 11.1 Å². The van der Waals surface area contributed by atoms with Gasteiger partial charge in [-0.25, -0.2) is 18.4 Å². The van der Waals surface area contributed by atoms with Crippen molar-refractivity contribution in [2.24, 2.45) is 0 Å². The molecular formula is C34H34F5N5O3S. The Balaban J connectivity index is 1.57. The molecule has 3 atom stereocenters. The first-order valence-corrected chi connectivity index (χ1v) is 16.4. The van der Waals surface area contributed by atoms with Gasteiger partial charge in [0.25, 0.3) is 0 Å². The van der Waals surface area contributed by atoms with E-state index < -0.39 is 58.8 Å². The second kappa shape index (κ2) is 12.4. The number of anilines is 1. The van der Waals surface area contributed by atoms with E-state index >= 15 is 13.2 Å². The predicted molar refractivity (Wildman–Crippen MR) is 173 cm³/mol. The number of carbonyl (C=O) groups is 1. The molecule has 0 bridgehead atoms. The lowest BCUT2D eigenvalue weighted by molar-refractivity contribution is -0.137. The van der Waals surface area contributed by atoms with Crippen molar-refractivity contribution in [3.05, 3.63) is 82.0 Å². The predicted octanol–water partition coefficient (Wildman–Crippen LogP) is 7.48. The highest BCUT2D eigenvalue weighted by molar-refractivity contribution is 7.99. The molecule has 2 aromatic heterocycles. The molecule has 1 saturated heterocycles. The molecule has 8 nitrogen and oxygen atoms in total. The highest BCUT2D eigenvalue weighted by Crippen LogP contribution is 2.49. The molecule has 4 aromatic rings. The van der Waals surface area contributed by atoms with Gasteiger partial charge in [-0.15, -0.1) is 11.8 Å². The average molecular weight is 688 g/mol. The van der Waals surface area contributed by atoms with E-state index in [1.807, 2.05) is 0 Å². The standard InChI is InChI=1S/C34H34F5N5O3S/c1-18-14-42(15-19(2)44(18)32(46)47-33(3,4)5)30-24-12-25(34(37,38)39)27(20-6-8-22(35)9-7-20)29-28(24)43(31(45)41-30)16-21(17-48-29)23-10-11-40-13-26(23)36/h6-13,18-19,21H,14-17H2,1-5H3/t18-,19+,21-/m0/s1. The molecule has 48 heavy (non-hydrogen) atoms. The first kappa shape index (κ1) is 33.7. The third-order valence-corrected chi connectivity index (χ3v) is 9.79. The number of aromatic nitrogens is 3. The second-order valence-corrected chi connectivity index (χ2v) is 14.3. The molecule has 0 spiro atoms. The molecule has 14 heteroatoms. The summed E-state index contributed by atoms with van der Waals surface area (Å²) in [5.74, 6) is -1.61. The van der Waals surface area contributed by atoms with Gasteiger partial charge in [0, 0.05) is 53.3 Å². The number of thioether (sulfide) groups is 1. The molecule has 0 unspecified atom stereocenters. The van der Waals surface area contributed by atoms with Crippen LogP contribution in [-0.2, 0) is 17.5 Å². The number of nitrogens with zero attached hydrogens (tertiary/aromatic N) is 5. The summed E-state index contributed by atoms with van der Waals surface area (Å²) in [7, 11) is 0. The molecule has 6 rings (SSSR count). The van der Waals surface area contributed by atoms with Crippen LogP contribution in [0.15, 0.2) is 58.5 Å². The molecule has 2 aliphatic heterocycles. The maximum absolute atomic E-state index is 15.0. The maximum atomic E-state index is 15.0. The zero-order valence-electron chi connectivity index (χ0n) is 26.9. The van der Waals surface area contributed by atoms with E-state index in [9.17, 15) is 18.4 Å². The van der Waals surface area contributed by atoms with Gasteiger partial charge in [-0.2, -0.15) is 18.2 Å². The monoisotopic (exact) mass is 687 g/mol. The third-order valence-electron chi connectivity index (χ3n) is 8.54. The molecule has 0 aliphatic carbocycles. The van der Waals surface area contributed by atoms with Gasteiger partial charge < -0.3 is 9.64 Å². The van der Waals surface area contributed by atoms with Gasteiger partial charge in [0.15, 0.2) is 0 Å². The summed E-state index contributed by atoms with van der Waals surface area (Å²) in [6, 6.07) is 6.34. The van der Waals surface area contributed by atoms with Gasteiger partial charge in [-0.1, -0.05) is 12.1 Å². The van der Waals surface area contributed by atoms with E-state index in [0.717, 1.165) is 36.2 Å². The first-order chi connectivity index (χ1) is 22.5. The summed E-state index contributed by atoms with van der Waals surface area (Å²) in [4.78, 5) is 38.7. The Kier molecular flexibility index (Phi) is 8.67. The van der Waals surface area contributed by atoms with Gasteiger partial charge in [0.2, 0.25) is 0 Å². The van der Waals surface area contributed by atoms with Crippen molar-refractivity contribution in [3.63, 3.8) is 0 Å². The minimum atomic E-state index is -4.84. The lowest BCUT2D eigenvalue weighted by Crippen LogP contribution is -2.59. The number of carbonyl (C=O) groups excluding carboxylic acids is 1. The summed E-state index contributed by atoms with van der Waals surface area (Å²) in [6.07, 6.45) is -2.88. The molecule has 1 fully saturated rings. The number of ether oxygens (including phenoxy) is 1. The molecule has 0 N–H and O–H groups in total. The van der Waals surface area contributed by atoms with E-state index in [1.165, 1.54) is 29.0 Å². The Morgan fingerprint density at radius 1 is 1.00 bits per heavy atom. The van der Waals surface area contributed by atoms with Gasteiger partial charge in [-0.3, -0.25) is 14.5 Å². The molecule has 2 aliphatic rings. The molecule has 0 saturated carbocycles. The largest absolute Gasteiger partial charge is 0.444 e. The summed E-state index contributed by atoms with van der Waals surface area (Å²) in [6.45, 7) is 9.17. The van der Waals surface area contributed by atoms with Gasteiger partial charge in [0.1, 0.15) is 23.1 Å². The van der Waals surface area contributed by atoms with Crippen LogP contribution < -0.4 is 10.6 Å². The van der Waals surface area contributed by atoms with Crippen molar-refractivity contribution in [2.45, 2.75) is 75.8 Å². The van der Waals surface area contributed by atoms with Crippen LogP contribution in [0.1, 0.15) is 51.7 Å². The number of hydrogen-bond acceptors (Lipinski definition) is 7. The minimum absolute atomic E-state index is 0.0446. The van der Waals surface area contributed by atoms with Crippen LogP contribution in [0, 0.1) is 11.6 Å². The summed E-state index contributed by atoms with van der Waals surface area (Å²) in [5, 5.41) is 0.0938. The van der Waals surface area contributed by atoms with E-state index in [-0.39, 0.29) is 63.7 Å². The second-order valence-electron chi connectivity index (χ2n) is 13.3. The van der Waals surface area contributed by atoms with E-state index in [2.05, 4.69) is 9.97 Å². The van der Waals surface area contributed by atoms with Crippen LogP contribution in [-0.4, -0.2) is 62.1 Å². The fourth-order valence-corrected chi connectivity index (χ4v) is 7.99.